The number of para-hydroxylation sites is 1. The van der Waals surface area contributed by atoms with Crippen LogP contribution in [0.1, 0.15) is 20.3 Å². The van der Waals surface area contributed by atoms with Crippen LogP contribution in [-0.2, 0) is 4.79 Å². The van der Waals surface area contributed by atoms with Crippen LogP contribution in [-0.4, -0.2) is 24.6 Å². The molecule has 2 atom stereocenters. The van der Waals surface area contributed by atoms with Gasteiger partial charge in [0.25, 0.3) is 0 Å². The van der Waals surface area contributed by atoms with Gasteiger partial charge in [0, 0.05) is 5.69 Å². The highest BCUT2D eigenvalue weighted by atomic mass is 35.5. The fourth-order valence-corrected chi connectivity index (χ4v) is 3.10. The topological polar surface area (TPSA) is 67.6 Å². The zero-order chi connectivity index (χ0) is 18.0. The maximum absolute atomic E-state index is 12.8. The minimum atomic E-state index is -0.394. The minimum absolute atomic E-state index is 0.0340. The molecule has 0 saturated carbocycles. The quantitative estimate of drug-likeness (QED) is 0.812. The molecule has 2 aromatic carbocycles. The lowest BCUT2D eigenvalue weighted by molar-refractivity contribution is -0.117. The first-order valence-electron chi connectivity index (χ1n) is 8.37. The van der Waals surface area contributed by atoms with Crippen LogP contribution < -0.4 is 20.7 Å². The number of nitrogens with one attached hydrogen (secondary N) is 1. The van der Waals surface area contributed by atoms with Gasteiger partial charge in [0.15, 0.2) is 0 Å². The van der Waals surface area contributed by atoms with E-state index in [1.54, 1.807) is 12.1 Å². The molecule has 132 valence electrons. The minimum Gasteiger partial charge on any atom is -0.486 e. The highest BCUT2D eigenvalue weighted by Gasteiger charge is 2.31. The Kier molecular flexibility index (Phi) is 5.04. The molecular formula is C19H22ClN3O2. The maximum atomic E-state index is 12.8. The summed E-state index contributed by atoms with van der Waals surface area (Å²) in [6, 6.07) is 12.3. The third kappa shape index (κ3) is 3.66. The Balaban J connectivity index is 1.85. The molecule has 6 heteroatoms. The molecule has 5 nitrogen and oxygen atoms in total. The van der Waals surface area contributed by atoms with Gasteiger partial charge in [-0.05, 0) is 43.7 Å². The third-order valence-electron chi connectivity index (χ3n) is 4.42. The molecule has 3 N–H and O–H groups in total. The SMILES string of the molecule is CCC1CN(C(C)C(=O)Nc2ccccc2Cl)c2cc(N)ccc2O1. The molecule has 2 aromatic rings. The molecule has 1 aliphatic rings. The first-order chi connectivity index (χ1) is 12.0. The van der Waals surface area contributed by atoms with Crippen molar-refractivity contribution in [3.63, 3.8) is 0 Å². The monoisotopic (exact) mass is 359 g/mol. The predicted molar refractivity (Wildman–Crippen MR) is 102 cm³/mol. The van der Waals surface area contributed by atoms with Crippen molar-refractivity contribution in [2.24, 2.45) is 0 Å². The molecule has 0 aliphatic carbocycles. The summed E-state index contributed by atoms with van der Waals surface area (Å²) in [7, 11) is 0. The zero-order valence-electron chi connectivity index (χ0n) is 14.3. The van der Waals surface area contributed by atoms with Gasteiger partial charge in [-0.15, -0.1) is 0 Å². The molecule has 1 aliphatic heterocycles. The number of amides is 1. The van der Waals surface area contributed by atoms with Crippen LogP contribution in [0, 0.1) is 0 Å². The summed E-state index contributed by atoms with van der Waals surface area (Å²) in [4.78, 5) is 14.8. The number of ether oxygens (including phenoxy) is 1. The standard InChI is InChI=1S/C19H22ClN3O2/c1-3-14-11-23(17-10-13(21)8-9-18(17)25-14)12(2)19(24)22-16-7-5-4-6-15(16)20/h4-10,12,14H,3,11,21H2,1-2H3,(H,22,24). The van der Waals surface area contributed by atoms with E-state index in [0.29, 0.717) is 22.9 Å². The van der Waals surface area contributed by atoms with E-state index in [1.165, 1.54) is 0 Å². The Bertz CT molecular complexity index is 781. The Morgan fingerprint density at radius 3 is 2.88 bits per heavy atom. The number of halogens is 1. The molecule has 0 bridgehead atoms. The largest absolute Gasteiger partial charge is 0.486 e. The summed E-state index contributed by atoms with van der Waals surface area (Å²) in [5.41, 5.74) is 8.02. The molecule has 0 saturated heterocycles. The second-order valence-corrected chi connectivity index (χ2v) is 6.58. The summed E-state index contributed by atoms with van der Waals surface area (Å²) in [6.45, 7) is 4.57. The molecule has 25 heavy (non-hydrogen) atoms. The summed E-state index contributed by atoms with van der Waals surface area (Å²) in [5, 5.41) is 3.42. The fourth-order valence-electron chi connectivity index (χ4n) is 2.91. The molecule has 0 spiro atoms. The lowest BCUT2D eigenvalue weighted by Crippen LogP contribution is -2.49. The second kappa shape index (κ2) is 7.23. The lowest BCUT2D eigenvalue weighted by atomic mass is 10.1. The normalized spacial score (nSPS) is 17.4. The lowest BCUT2D eigenvalue weighted by Gasteiger charge is -2.39. The number of anilines is 3. The zero-order valence-corrected chi connectivity index (χ0v) is 15.1. The van der Waals surface area contributed by atoms with Crippen molar-refractivity contribution in [2.75, 3.05) is 22.5 Å². The van der Waals surface area contributed by atoms with E-state index in [4.69, 9.17) is 22.1 Å². The average Bonchev–Trinajstić information content (AvgIpc) is 2.62. The van der Waals surface area contributed by atoms with Crippen LogP contribution in [0.2, 0.25) is 5.02 Å². The van der Waals surface area contributed by atoms with E-state index < -0.39 is 6.04 Å². The Morgan fingerprint density at radius 2 is 2.16 bits per heavy atom. The third-order valence-corrected chi connectivity index (χ3v) is 4.75. The summed E-state index contributed by atoms with van der Waals surface area (Å²) in [6.07, 6.45) is 0.894. The molecular weight excluding hydrogens is 338 g/mol. The van der Waals surface area contributed by atoms with Gasteiger partial charge in [-0.25, -0.2) is 0 Å². The predicted octanol–water partition coefficient (Wildman–Crippen LogP) is 3.93. The fraction of sp³-hybridized carbons (Fsp3) is 0.316. The summed E-state index contributed by atoms with van der Waals surface area (Å²) >= 11 is 6.14. The number of nitrogen functional groups attached to an aromatic ring is 1. The van der Waals surface area contributed by atoms with Gasteiger partial charge in [0.05, 0.1) is 22.9 Å². The molecule has 2 unspecified atom stereocenters. The maximum Gasteiger partial charge on any atom is 0.246 e. The van der Waals surface area contributed by atoms with Crippen molar-refractivity contribution < 1.29 is 9.53 Å². The average molecular weight is 360 g/mol. The molecule has 1 heterocycles. The van der Waals surface area contributed by atoms with E-state index in [1.807, 2.05) is 42.2 Å². The number of hydrogen-bond donors (Lipinski definition) is 2. The van der Waals surface area contributed by atoms with Crippen molar-refractivity contribution in [1.82, 2.24) is 0 Å². The van der Waals surface area contributed by atoms with Crippen LogP contribution in [0.3, 0.4) is 0 Å². The summed E-state index contributed by atoms with van der Waals surface area (Å²) in [5.74, 6) is 0.628. The van der Waals surface area contributed by atoms with Crippen molar-refractivity contribution in [3.05, 3.63) is 47.5 Å². The van der Waals surface area contributed by atoms with Crippen molar-refractivity contribution in [3.8, 4) is 5.75 Å². The Labute approximate surface area is 152 Å². The van der Waals surface area contributed by atoms with E-state index in [9.17, 15) is 4.79 Å². The molecule has 0 aromatic heterocycles. The van der Waals surface area contributed by atoms with Crippen LogP contribution in [0.25, 0.3) is 0 Å². The van der Waals surface area contributed by atoms with Crippen LogP contribution in [0.15, 0.2) is 42.5 Å². The van der Waals surface area contributed by atoms with E-state index in [0.717, 1.165) is 17.9 Å². The van der Waals surface area contributed by atoms with Crippen LogP contribution in [0.4, 0.5) is 17.1 Å². The first kappa shape index (κ1) is 17.4. The van der Waals surface area contributed by atoms with Crippen molar-refractivity contribution >= 4 is 34.6 Å². The number of rotatable bonds is 4. The van der Waals surface area contributed by atoms with Gasteiger partial charge in [0.2, 0.25) is 5.91 Å². The van der Waals surface area contributed by atoms with Crippen molar-refractivity contribution in [2.45, 2.75) is 32.4 Å². The molecule has 3 rings (SSSR count). The van der Waals surface area contributed by atoms with Crippen molar-refractivity contribution in [1.29, 1.82) is 0 Å². The Hall–Kier alpha value is -2.40. The van der Waals surface area contributed by atoms with E-state index in [2.05, 4.69) is 12.2 Å². The van der Waals surface area contributed by atoms with Crippen LogP contribution in [0.5, 0.6) is 5.75 Å². The first-order valence-corrected chi connectivity index (χ1v) is 8.75. The number of nitrogens with zero attached hydrogens (tertiary/aromatic N) is 1. The second-order valence-electron chi connectivity index (χ2n) is 6.17. The Morgan fingerprint density at radius 1 is 1.40 bits per heavy atom. The summed E-state index contributed by atoms with van der Waals surface area (Å²) < 4.78 is 5.98. The number of carbonyl (C=O) groups excluding carboxylic acids is 1. The van der Waals surface area contributed by atoms with Crippen LogP contribution >= 0.6 is 11.6 Å². The number of hydrogen-bond acceptors (Lipinski definition) is 4. The van der Waals surface area contributed by atoms with Gasteiger partial charge in [0.1, 0.15) is 17.9 Å². The van der Waals surface area contributed by atoms with Gasteiger partial charge in [-0.1, -0.05) is 30.7 Å². The number of nitrogens with two attached hydrogens (primary N) is 1. The number of carbonyl (C=O) groups is 1. The molecule has 0 fully saturated rings. The molecule has 1 amide bonds. The highest BCUT2D eigenvalue weighted by molar-refractivity contribution is 6.33. The van der Waals surface area contributed by atoms with Gasteiger partial charge >= 0.3 is 0 Å². The highest BCUT2D eigenvalue weighted by Crippen LogP contribution is 2.37. The number of fused-ring (bicyclic) bond motifs is 1. The van der Waals surface area contributed by atoms with Gasteiger partial charge in [-0.2, -0.15) is 0 Å². The van der Waals surface area contributed by atoms with E-state index >= 15 is 0 Å². The van der Waals surface area contributed by atoms with Gasteiger partial charge < -0.3 is 20.7 Å². The van der Waals surface area contributed by atoms with Gasteiger partial charge in [-0.3, -0.25) is 4.79 Å². The number of benzene rings is 2. The smallest absolute Gasteiger partial charge is 0.246 e. The molecule has 0 radical (unpaired) electrons. The van der Waals surface area contributed by atoms with E-state index in [-0.39, 0.29) is 12.0 Å².